The Morgan fingerprint density at radius 3 is 2.71 bits per heavy atom. The van der Waals surface area contributed by atoms with Crippen LogP contribution in [0.3, 0.4) is 0 Å². The van der Waals surface area contributed by atoms with Gasteiger partial charge in [0.25, 0.3) is 0 Å². The number of hydrogen-bond acceptors (Lipinski definition) is 5. The van der Waals surface area contributed by atoms with Crippen LogP contribution in [-0.2, 0) is 0 Å². The molecule has 2 aromatic rings. The summed E-state index contributed by atoms with van der Waals surface area (Å²) < 4.78 is 9.08. The van der Waals surface area contributed by atoms with E-state index < -0.39 is 6.10 Å². The highest BCUT2D eigenvalue weighted by atomic mass is 32.1. The minimum absolute atomic E-state index is 0.556. The van der Waals surface area contributed by atoms with E-state index in [1.54, 1.807) is 12.5 Å². The van der Waals surface area contributed by atoms with E-state index in [-0.39, 0.29) is 0 Å². The van der Waals surface area contributed by atoms with E-state index in [9.17, 15) is 5.11 Å². The first-order chi connectivity index (χ1) is 8.13. The van der Waals surface area contributed by atoms with Gasteiger partial charge in [-0.25, -0.2) is 0 Å². The van der Waals surface area contributed by atoms with Gasteiger partial charge in [0.2, 0.25) is 0 Å². The first kappa shape index (κ1) is 12.0. The zero-order valence-corrected chi connectivity index (χ0v) is 10.8. The van der Waals surface area contributed by atoms with Gasteiger partial charge in [-0.15, -0.1) is 5.10 Å². The maximum Gasteiger partial charge on any atom is 0.128 e. The van der Waals surface area contributed by atoms with E-state index in [1.165, 1.54) is 11.5 Å². The summed E-state index contributed by atoms with van der Waals surface area (Å²) in [5, 5.41) is 15.9. The van der Waals surface area contributed by atoms with Crippen LogP contribution in [0.15, 0.2) is 17.5 Å². The minimum atomic E-state index is -0.788. The fourth-order valence-corrected chi connectivity index (χ4v) is 2.37. The lowest BCUT2D eigenvalue weighted by molar-refractivity contribution is 0.209. The van der Waals surface area contributed by atoms with E-state index in [2.05, 4.69) is 9.59 Å². The van der Waals surface area contributed by atoms with Crippen molar-refractivity contribution < 1.29 is 9.84 Å². The molecule has 1 heterocycles. The van der Waals surface area contributed by atoms with Gasteiger partial charge in [0.15, 0.2) is 0 Å². The van der Waals surface area contributed by atoms with E-state index >= 15 is 0 Å². The number of rotatable bonds is 3. The standard InChI is InChI=1S/C12H14N2O2S/c1-7-4-8(2)11(10(5-7)16-3)12(15)9-6-17-14-13-9/h4-6,12,15H,1-3H3. The molecule has 0 bridgehead atoms. The van der Waals surface area contributed by atoms with Gasteiger partial charge in [-0.3, -0.25) is 0 Å². The minimum Gasteiger partial charge on any atom is -0.496 e. The average molecular weight is 250 g/mol. The van der Waals surface area contributed by atoms with Crippen molar-refractivity contribution in [1.29, 1.82) is 0 Å². The van der Waals surface area contributed by atoms with Crippen LogP contribution in [0, 0.1) is 13.8 Å². The van der Waals surface area contributed by atoms with Gasteiger partial charge < -0.3 is 9.84 Å². The normalized spacial score (nSPS) is 12.5. The summed E-state index contributed by atoms with van der Waals surface area (Å²) in [7, 11) is 1.60. The lowest BCUT2D eigenvalue weighted by Gasteiger charge is -2.16. The molecule has 1 unspecified atom stereocenters. The fraction of sp³-hybridized carbons (Fsp3) is 0.333. The molecule has 0 saturated heterocycles. The molecule has 0 fully saturated rings. The highest BCUT2D eigenvalue weighted by Gasteiger charge is 2.20. The number of benzene rings is 1. The summed E-state index contributed by atoms with van der Waals surface area (Å²) in [4.78, 5) is 0. The molecule has 90 valence electrons. The molecule has 0 aliphatic heterocycles. The van der Waals surface area contributed by atoms with Crippen molar-refractivity contribution >= 4 is 11.5 Å². The van der Waals surface area contributed by atoms with Gasteiger partial charge in [-0.05, 0) is 42.6 Å². The second kappa shape index (κ2) is 4.81. The molecule has 5 heteroatoms. The van der Waals surface area contributed by atoms with Gasteiger partial charge in [0.05, 0.1) is 7.11 Å². The summed E-state index contributed by atoms with van der Waals surface area (Å²) in [5.74, 6) is 0.683. The molecule has 1 aromatic carbocycles. The summed E-state index contributed by atoms with van der Waals surface area (Å²) in [6.45, 7) is 3.95. The van der Waals surface area contributed by atoms with Crippen molar-refractivity contribution in [3.63, 3.8) is 0 Å². The number of aryl methyl sites for hydroxylation is 2. The van der Waals surface area contributed by atoms with E-state index in [0.717, 1.165) is 16.7 Å². The molecule has 1 aromatic heterocycles. The van der Waals surface area contributed by atoms with Crippen LogP contribution in [0.5, 0.6) is 5.75 Å². The zero-order chi connectivity index (χ0) is 12.4. The van der Waals surface area contributed by atoms with E-state index in [1.807, 2.05) is 26.0 Å². The summed E-state index contributed by atoms with van der Waals surface area (Å²) in [6.07, 6.45) is -0.788. The highest BCUT2D eigenvalue weighted by Crippen LogP contribution is 2.33. The Labute approximate surface area is 104 Å². The molecular formula is C12H14N2O2S. The van der Waals surface area contributed by atoms with Gasteiger partial charge in [-0.1, -0.05) is 10.6 Å². The number of nitrogens with zero attached hydrogens (tertiary/aromatic N) is 2. The Bertz CT molecular complexity index is 511. The lowest BCUT2D eigenvalue weighted by atomic mass is 9.98. The molecule has 1 N–H and O–H groups in total. The largest absolute Gasteiger partial charge is 0.496 e. The Balaban J connectivity index is 2.51. The van der Waals surface area contributed by atoms with Gasteiger partial charge in [0.1, 0.15) is 17.5 Å². The van der Waals surface area contributed by atoms with Crippen molar-refractivity contribution in [2.45, 2.75) is 20.0 Å². The fourth-order valence-electron chi connectivity index (χ4n) is 1.90. The second-order valence-electron chi connectivity index (χ2n) is 3.93. The van der Waals surface area contributed by atoms with E-state index in [4.69, 9.17) is 4.74 Å². The van der Waals surface area contributed by atoms with Crippen molar-refractivity contribution in [3.05, 3.63) is 39.9 Å². The number of methoxy groups -OCH3 is 1. The Kier molecular flexibility index (Phi) is 3.40. The first-order valence-corrected chi connectivity index (χ1v) is 6.07. The van der Waals surface area contributed by atoms with Crippen LogP contribution in [-0.4, -0.2) is 21.8 Å². The third-order valence-corrected chi connectivity index (χ3v) is 3.17. The van der Waals surface area contributed by atoms with Gasteiger partial charge in [-0.2, -0.15) is 0 Å². The third-order valence-electron chi connectivity index (χ3n) is 2.64. The Morgan fingerprint density at radius 2 is 2.12 bits per heavy atom. The van der Waals surface area contributed by atoms with Crippen LogP contribution in [0.4, 0.5) is 0 Å². The maximum absolute atomic E-state index is 10.3. The molecule has 4 nitrogen and oxygen atoms in total. The molecule has 0 aliphatic carbocycles. The van der Waals surface area contributed by atoms with Gasteiger partial charge in [0, 0.05) is 10.9 Å². The summed E-state index contributed by atoms with van der Waals surface area (Å²) in [6, 6.07) is 3.92. The molecule has 2 rings (SSSR count). The molecule has 0 radical (unpaired) electrons. The van der Waals surface area contributed by atoms with Crippen molar-refractivity contribution in [2.24, 2.45) is 0 Å². The van der Waals surface area contributed by atoms with Crippen LogP contribution in [0.2, 0.25) is 0 Å². The Morgan fingerprint density at radius 1 is 1.35 bits per heavy atom. The van der Waals surface area contributed by atoms with Crippen molar-refractivity contribution in [1.82, 2.24) is 9.59 Å². The first-order valence-electron chi connectivity index (χ1n) is 5.23. The SMILES string of the molecule is COc1cc(C)cc(C)c1C(O)c1csnn1. The number of aliphatic hydroxyl groups is 1. The van der Waals surface area contributed by atoms with Crippen LogP contribution < -0.4 is 4.74 Å². The molecule has 0 amide bonds. The highest BCUT2D eigenvalue weighted by molar-refractivity contribution is 7.03. The maximum atomic E-state index is 10.3. The van der Waals surface area contributed by atoms with Crippen LogP contribution >= 0.6 is 11.5 Å². The average Bonchev–Trinajstić information content (AvgIpc) is 2.80. The number of ether oxygens (including phenoxy) is 1. The van der Waals surface area contributed by atoms with Crippen molar-refractivity contribution in [2.75, 3.05) is 7.11 Å². The molecule has 1 atom stereocenters. The number of hydrogen-bond donors (Lipinski definition) is 1. The summed E-state index contributed by atoms with van der Waals surface area (Å²) >= 11 is 1.22. The monoisotopic (exact) mass is 250 g/mol. The quantitative estimate of drug-likeness (QED) is 0.907. The second-order valence-corrected chi connectivity index (χ2v) is 4.54. The van der Waals surface area contributed by atoms with Crippen LogP contribution in [0.1, 0.15) is 28.5 Å². The topological polar surface area (TPSA) is 55.2 Å². The lowest BCUT2D eigenvalue weighted by Crippen LogP contribution is -2.05. The number of aromatic nitrogens is 2. The molecule has 17 heavy (non-hydrogen) atoms. The third kappa shape index (κ3) is 2.30. The predicted molar refractivity (Wildman–Crippen MR) is 66.4 cm³/mol. The molecule has 0 aliphatic rings. The zero-order valence-electron chi connectivity index (χ0n) is 9.97. The summed E-state index contributed by atoms with van der Waals surface area (Å²) in [5.41, 5.74) is 3.40. The van der Waals surface area contributed by atoms with Crippen LogP contribution in [0.25, 0.3) is 0 Å². The predicted octanol–water partition coefficient (Wildman–Crippen LogP) is 2.25. The van der Waals surface area contributed by atoms with Crippen molar-refractivity contribution in [3.8, 4) is 5.75 Å². The smallest absolute Gasteiger partial charge is 0.128 e. The number of aliphatic hydroxyl groups excluding tert-OH is 1. The van der Waals surface area contributed by atoms with Gasteiger partial charge >= 0.3 is 0 Å². The molecule has 0 spiro atoms. The Hall–Kier alpha value is -1.46. The van der Waals surface area contributed by atoms with E-state index in [0.29, 0.717) is 11.4 Å². The molecule has 0 saturated carbocycles. The molecular weight excluding hydrogens is 236 g/mol.